The molecule has 0 aromatic heterocycles. The summed E-state index contributed by atoms with van der Waals surface area (Å²) in [5, 5.41) is 3.33. The number of hydrogen-bond acceptors (Lipinski definition) is 2. The maximum Gasteiger partial charge on any atom is 0.123 e. The predicted molar refractivity (Wildman–Crippen MR) is 79.5 cm³/mol. The minimum atomic E-state index is -0.206. The molecule has 2 aromatic carbocycles. The summed E-state index contributed by atoms with van der Waals surface area (Å²) in [6, 6.07) is 14.7. The van der Waals surface area contributed by atoms with Crippen molar-refractivity contribution in [3.63, 3.8) is 0 Å². The molecule has 2 nitrogen and oxygen atoms in total. The predicted octanol–water partition coefficient (Wildman–Crippen LogP) is 3.86. The molecule has 1 unspecified atom stereocenters. The zero-order chi connectivity index (χ0) is 14.4. The van der Waals surface area contributed by atoms with E-state index in [0.717, 1.165) is 23.4 Å². The van der Waals surface area contributed by atoms with E-state index in [2.05, 4.69) is 5.32 Å². The van der Waals surface area contributed by atoms with Gasteiger partial charge < -0.3 is 10.1 Å². The van der Waals surface area contributed by atoms with Crippen molar-refractivity contribution in [1.29, 1.82) is 0 Å². The lowest BCUT2D eigenvalue weighted by molar-refractivity contribution is 0.268. The smallest absolute Gasteiger partial charge is 0.123 e. The lowest BCUT2D eigenvalue weighted by Crippen LogP contribution is -2.26. The quantitative estimate of drug-likeness (QED) is 0.862. The minimum absolute atomic E-state index is 0.0189. The highest BCUT2D eigenvalue weighted by atomic mass is 19.1. The zero-order valence-corrected chi connectivity index (χ0v) is 11.9. The lowest BCUT2D eigenvalue weighted by atomic mass is 10.0. The van der Waals surface area contributed by atoms with Crippen molar-refractivity contribution in [2.24, 2.45) is 0 Å². The Balaban J connectivity index is 2.10. The second kappa shape index (κ2) is 7.06. The molecule has 2 aromatic rings. The molecule has 0 aliphatic carbocycles. The van der Waals surface area contributed by atoms with Gasteiger partial charge in [-0.1, -0.05) is 31.2 Å². The number of aryl methyl sites for hydroxylation is 1. The Kier molecular flexibility index (Phi) is 5.13. The molecule has 0 spiro atoms. The van der Waals surface area contributed by atoms with E-state index in [1.807, 2.05) is 50.2 Å². The van der Waals surface area contributed by atoms with E-state index in [1.165, 1.54) is 6.07 Å². The van der Waals surface area contributed by atoms with Crippen LogP contribution in [0.5, 0.6) is 5.75 Å². The highest BCUT2D eigenvalue weighted by Gasteiger charge is 2.12. The van der Waals surface area contributed by atoms with E-state index in [-0.39, 0.29) is 11.9 Å². The van der Waals surface area contributed by atoms with Crippen LogP contribution in [-0.2, 0) is 0 Å². The van der Waals surface area contributed by atoms with Crippen LogP contribution in [0.15, 0.2) is 48.5 Å². The van der Waals surface area contributed by atoms with Crippen molar-refractivity contribution in [1.82, 2.24) is 5.32 Å². The molecule has 0 saturated heterocycles. The van der Waals surface area contributed by atoms with Crippen molar-refractivity contribution in [3.05, 3.63) is 65.5 Å². The lowest BCUT2D eigenvalue weighted by Gasteiger charge is -2.19. The summed E-state index contributed by atoms with van der Waals surface area (Å²) in [7, 11) is 0. The highest BCUT2D eigenvalue weighted by molar-refractivity contribution is 5.27. The number of para-hydroxylation sites is 1. The van der Waals surface area contributed by atoms with Crippen LogP contribution >= 0.6 is 0 Å². The van der Waals surface area contributed by atoms with Crippen LogP contribution in [0.1, 0.15) is 24.1 Å². The van der Waals surface area contributed by atoms with Gasteiger partial charge in [0, 0.05) is 0 Å². The maximum absolute atomic E-state index is 13.5. The summed E-state index contributed by atoms with van der Waals surface area (Å²) >= 11 is 0. The minimum Gasteiger partial charge on any atom is -0.492 e. The van der Waals surface area contributed by atoms with Crippen molar-refractivity contribution in [2.75, 3.05) is 13.2 Å². The van der Waals surface area contributed by atoms with E-state index in [0.29, 0.717) is 6.61 Å². The van der Waals surface area contributed by atoms with Crippen molar-refractivity contribution in [2.45, 2.75) is 19.9 Å². The van der Waals surface area contributed by atoms with Gasteiger partial charge in [-0.05, 0) is 48.9 Å². The molecule has 0 fully saturated rings. The molecular weight excluding hydrogens is 253 g/mol. The first-order chi connectivity index (χ1) is 9.69. The van der Waals surface area contributed by atoms with Crippen molar-refractivity contribution in [3.8, 4) is 5.75 Å². The molecular formula is C17H20FNO. The van der Waals surface area contributed by atoms with Gasteiger partial charge in [0.2, 0.25) is 0 Å². The number of likely N-dealkylation sites (N-methyl/N-ethyl adjacent to an activating group) is 1. The first kappa shape index (κ1) is 14.5. The second-order valence-electron chi connectivity index (χ2n) is 4.80. The molecule has 2 rings (SSSR count). The summed E-state index contributed by atoms with van der Waals surface area (Å²) in [6.07, 6.45) is 0. The molecule has 3 heteroatoms. The topological polar surface area (TPSA) is 21.3 Å². The molecule has 0 saturated carbocycles. The third-order valence-electron chi connectivity index (χ3n) is 3.08. The van der Waals surface area contributed by atoms with Gasteiger partial charge in [0.1, 0.15) is 18.2 Å². The van der Waals surface area contributed by atoms with Crippen molar-refractivity contribution >= 4 is 0 Å². The highest BCUT2D eigenvalue weighted by Crippen LogP contribution is 2.19. The summed E-state index contributed by atoms with van der Waals surface area (Å²) in [4.78, 5) is 0. The third kappa shape index (κ3) is 4.07. The van der Waals surface area contributed by atoms with Gasteiger partial charge in [0.25, 0.3) is 0 Å². The van der Waals surface area contributed by atoms with E-state index in [9.17, 15) is 4.39 Å². The Morgan fingerprint density at radius 1 is 1.15 bits per heavy atom. The fourth-order valence-electron chi connectivity index (χ4n) is 2.18. The van der Waals surface area contributed by atoms with Gasteiger partial charge in [0.15, 0.2) is 0 Å². The molecule has 20 heavy (non-hydrogen) atoms. The summed E-state index contributed by atoms with van der Waals surface area (Å²) in [5.74, 6) is 0.617. The Bertz CT molecular complexity index is 522. The van der Waals surface area contributed by atoms with E-state index in [1.54, 1.807) is 6.07 Å². The van der Waals surface area contributed by atoms with E-state index >= 15 is 0 Å². The first-order valence-corrected chi connectivity index (χ1v) is 6.87. The van der Waals surface area contributed by atoms with Crippen LogP contribution in [-0.4, -0.2) is 13.2 Å². The number of hydrogen-bond donors (Lipinski definition) is 1. The third-order valence-corrected chi connectivity index (χ3v) is 3.08. The number of rotatable bonds is 6. The van der Waals surface area contributed by atoms with Crippen LogP contribution in [0.4, 0.5) is 4.39 Å². The summed E-state index contributed by atoms with van der Waals surface area (Å²) in [5.41, 5.74) is 1.84. The molecule has 106 valence electrons. The maximum atomic E-state index is 13.5. The van der Waals surface area contributed by atoms with Crippen molar-refractivity contribution < 1.29 is 9.13 Å². The Morgan fingerprint density at radius 3 is 2.55 bits per heavy atom. The molecule has 0 heterocycles. The summed E-state index contributed by atoms with van der Waals surface area (Å²) < 4.78 is 19.3. The van der Waals surface area contributed by atoms with Crippen LogP contribution in [0.25, 0.3) is 0 Å². The molecule has 0 radical (unpaired) electrons. The monoisotopic (exact) mass is 273 g/mol. The van der Waals surface area contributed by atoms with Gasteiger partial charge in [0.05, 0.1) is 6.04 Å². The standard InChI is InChI=1S/C17H20FNO/c1-3-19-17(12-20-16-7-5-4-6-8-16)14-9-13(2)10-15(18)11-14/h4-11,17,19H,3,12H2,1-2H3. The van der Waals surface area contributed by atoms with E-state index < -0.39 is 0 Å². The molecule has 0 aliphatic rings. The summed E-state index contributed by atoms with van der Waals surface area (Å²) in [6.45, 7) is 5.20. The largest absolute Gasteiger partial charge is 0.492 e. The average molecular weight is 273 g/mol. The molecule has 0 bridgehead atoms. The number of benzene rings is 2. The molecule has 0 aliphatic heterocycles. The first-order valence-electron chi connectivity index (χ1n) is 6.87. The SMILES string of the molecule is CCNC(COc1ccccc1)c1cc(C)cc(F)c1. The fourth-order valence-corrected chi connectivity index (χ4v) is 2.18. The normalized spacial score (nSPS) is 12.2. The Labute approximate surface area is 119 Å². The Morgan fingerprint density at radius 2 is 1.90 bits per heavy atom. The van der Waals surface area contributed by atoms with Gasteiger partial charge in [-0.25, -0.2) is 4.39 Å². The number of ether oxygens (including phenoxy) is 1. The number of nitrogens with one attached hydrogen (secondary N) is 1. The second-order valence-corrected chi connectivity index (χ2v) is 4.80. The zero-order valence-electron chi connectivity index (χ0n) is 11.9. The van der Waals surface area contributed by atoms with Gasteiger partial charge in [-0.3, -0.25) is 0 Å². The van der Waals surface area contributed by atoms with Crippen LogP contribution < -0.4 is 10.1 Å². The van der Waals surface area contributed by atoms with Crippen LogP contribution in [0.2, 0.25) is 0 Å². The molecule has 1 atom stereocenters. The van der Waals surface area contributed by atoms with Gasteiger partial charge >= 0.3 is 0 Å². The van der Waals surface area contributed by atoms with E-state index in [4.69, 9.17) is 4.74 Å². The average Bonchev–Trinajstić information content (AvgIpc) is 2.43. The van der Waals surface area contributed by atoms with Gasteiger partial charge in [-0.2, -0.15) is 0 Å². The van der Waals surface area contributed by atoms with Gasteiger partial charge in [-0.15, -0.1) is 0 Å². The Hall–Kier alpha value is -1.87. The van der Waals surface area contributed by atoms with Crippen LogP contribution in [0.3, 0.4) is 0 Å². The molecule has 0 amide bonds. The fraction of sp³-hybridized carbons (Fsp3) is 0.294. The number of halogens is 1. The molecule has 1 N–H and O–H groups in total. The van der Waals surface area contributed by atoms with Crippen LogP contribution in [0, 0.1) is 12.7 Å².